The standard InChI is InChI=1S/C11H15F2NO/c1-14(2)7-10(15)6-8-5-9(12)3-4-11(8)13/h3-5,10,15H,6-7H2,1-2H3. The Labute approximate surface area is 88.1 Å². The van der Waals surface area contributed by atoms with E-state index in [1.807, 2.05) is 14.1 Å². The number of benzene rings is 1. The highest BCUT2D eigenvalue weighted by molar-refractivity contribution is 5.19. The average molecular weight is 215 g/mol. The minimum absolute atomic E-state index is 0.127. The summed E-state index contributed by atoms with van der Waals surface area (Å²) < 4.78 is 26.0. The number of halogens is 2. The molecule has 1 N–H and O–H groups in total. The van der Waals surface area contributed by atoms with E-state index in [1.165, 1.54) is 0 Å². The van der Waals surface area contributed by atoms with Crippen LogP contribution in [0.15, 0.2) is 18.2 Å². The van der Waals surface area contributed by atoms with Gasteiger partial charge in [0.1, 0.15) is 11.6 Å². The number of hydrogen-bond donors (Lipinski definition) is 1. The fraction of sp³-hybridized carbons (Fsp3) is 0.455. The third kappa shape index (κ3) is 3.93. The van der Waals surface area contributed by atoms with E-state index in [0.717, 1.165) is 18.2 Å². The van der Waals surface area contributed by atoms with Crippen molar-refractivity contribution < 1.29 is 13.9 Å². The number of nitrogens with zero attached hydrogens (tertiary/aromatic N) is 1. The van der Waals surface area contributed by atoms with Crippen LogP contribution in [0.3, 0.4) is 0 Å². The van der Waals surface area contributed by atoms with Gasteiger partial charge < -0.3 is 10.0 Å². The predicted octanol–water partition coefficient (Wildman–Crippen LogP) is 1.43. The van der Waals surface area contributed by atoms with Gasteiger partial charge in [-0.3, -0.25) is 0 Å². The van der Waals surface area contributed by atoms with Gasteiger partial charge in [-0.15, -0.1) is 0 Å². The third-order valence-corrected chi connectivity index (χ3v) is 2.04. The Kier molecular flexibility index (Phi) is 4.17. The van der Waals surface area contributed by atoms with Gasteiger partial charge in [0.05, 0.1) is 6.10 Å². The Bertz CT molecular complexity index is 328. The Morgan fingerprint density at radius 1 is 1.33 bits per heavy atom. The Balaban J connectivity index is 2.67. The van der Waals surface area contributed by atoms with Crippen LogP contribution < -0.4 is 0 Å². The molecule has 0 aliphatic rings. The summed E-state index contributed by atoms with van der Waals surface area (Å²) in [4.78, 5) is 1.79. The minimum Gasteiger partial charge on any atom is -0.391 e. The summed E-state index contributed by atoms with van der Waals surface area (Å²) in [5.41, 5.74) is 0.212. The van der Waals surface area contributed by atoms with E-state index in [4.69, 9.17) is 0 Å². The van der Waals surface area contributed by atoms with Gasteiger partial charge in [0.2, 0.25) is 0 Å². The second-order valence-corrected chi connectivity index (χ2v) is 3.86. The van der Waals surface area contributed by atoms with E-state index < -0.39 is 17.7 Å². The van der Waals surface area contributed by atoms with Gasteiger partial charge in [0.15, 0.2) is 0 Å². The van der Waals surface area contributed by atoms with Crippen molar-refractivity contribution in [2.24, 2.45) is 0 Å². The maximum Gasteiger partial charge on any atom is 0.126 e. The summed E-state index contributed by atoms with van der Waals surface area (Å²) in [7, 11) is 3.62. The van der Waals surface area contributed by atoms with Crippen LogP contribution in [0.4, 0.5) is 8.78 Å². The van der Waals surface area contributed by atoms with Gasteiger partial charge in [0.25, 0.3) is 0 Å². The first-order valence-corrected chi connectivity index (χ1v) is 4.75. The molecule has 0 aliphatic heterocycles. The van der Waals surface area contributed by atoms with Crippen molar-refractivity contribution >= 4 is 0 Å². The number of likely N-dealkylation sites (N-methyl/N-ethyl adjacent to an activating group) is 1. The quantitative estimate of drug-likeness (QED) is 0.821. The number of rotatable bonds is 4. The molecule has 0 saturated carbocycles. The summed E-state index contributed by atoms with van der Waals surface area (Å²) in [6, 6.07) is 3.26. The first-order chi connectivity index (χ1) is 6.99. The van der Waals surface area contributed by atoms with Crippen LogP contribution in [0.2, 0.25) is 0 Å². The van der Waals surface area contributed by atoms with E-state index in [1.54, 1.807) is 4.90 Å². The van der Waals surface area contributed by atoms with Crippen LogP contribution >= 0.6 is 0 Å². The topological polar surface area (TPSA) is 23.5 Å². The van der Waals surface area contributed by atoms with Crippen molar-refractivity contribution in [1.82, 2.24) is 4.90 Å². The zero-order valence-corrected chi connectivity index (χ0v) is 8.87. The molecule has 0 bridgehead atoms. The van der Waals surface area contributed by atoms with Gasteiger partial charge in [0, 0.05) is 13.0 Å². The fourth-order valence-corrected chi connectivity index (χ4v) is 1.44. The molecule has 15 heavy (non-hydrogen) atoms. The molecule has 1 aromatic rings. The third-order valence-electron chi connectivity index (χ3n) is 2.04. The maximum atomic E-state index is 13.2. The Morgan fingerprint density at radius 3 is 2.60 bits per heavy atom. The molecule has 2 nitrogen and oxygen atoms in total. The highest BCUT2D eigenvalue weighted by Crippen LogP contribution is 2.12. The molecule has 0 saturated heterocycles. The van der Waals surface area contributed by atoms with E-state index in [0.29, 0.717) is 6.54 Å². The summed E-state index contributed by atoms with van der Waals surface area (Å²) in [6.07, 6.45) is -0.557. The van der Waals surface area contributed by atoms with Crippen LogP contribution in [0, 0.1) is 11.6 Å². The van der Waals surface area contributed by atoms with Crippen LogP contribution in [-0.2, 0) is 6.42 Å². The lowest BCUT2D eigenvalue weighted by atomic mass is 10.1. The van der Waals surface area contributed by atoms with Crippen molar-refractivity contribution in [2.45, 2.75) is 12.5 Å². The largest absolute Gasteiger partial charge is 0.391 e. The van der Waals surface area contributed by atoms with Crippen molar-refractivity contribution in [3.63, 3.8) is 0 Å². The maximum absolute atomic E-state index is 13.2. The zero-order chi connectivity index (χ0) is 11.4. The summed E-state index contributed by atoms with van der Waals surface area (Å²) in [6.45, 7) is 0.427. The smallest absolute Gasteiger partial charge is 0.126 e. The van der Waals surface area contributed by atoms with Crippen molar-refractivity contribution in [1.29, 1.82) is 0 Å². The van der Waals surface area contributed by atoms with Crippen LogP contribution in [0.1, 0.15) is 5.56 Å². The first-order valence-electron chi connectivity index (χ1n) is 4.75. The number of aliphatic hydroxyl groups excluding tert-OH is 1. The molecular weight excluding hydrogens is 200 g/mol. The molecule has 0 heterocycles. The van der Waals surface area contributed by atoms with Gasteiger partial charge in [-0.2, -0.15) is 0 Å². The van der Waals surface area contributed by atoms with E-state index in [-0.39, 0.29) is 12.0 Å². The molecule has 1 unspecified atom stereocenters. The van der Waals surface area contributed by atoms with Crippen molar-refractivity contribution in [3.8, 4) is 0 Å². The van der Waals surface area contributed by atoms with Crippen molar-refractivity contribution in [2.75, 3.05) is 20.6 Å². The molecule has 0 aromatic heterocycles. The van der Waals surface area contributed by atoms with Gasteiger partial charge >= 0.3 is 0 Å². The summed E-state index contributed by atoms with van der Waals surface area (Å²) >= 11 is 0. The Hall–Kier alpha value is -1.00. The zero-order valence-electron chi connectivity index (χ0n) is 8.87. The van der Waals surface area contributed by atoms with Gasteiger partial charge in [-0.1, -0.05) is 0 Å². The molecule has 1 aromatic carbocycles. The highest BCUT2D eigenvalue weighted by atomic mass is 19.1. The molecular formula is C11H15F2NO. The second kappa shape index (κ2) is 5.19. The molecule has 1 rings (SSSR count). The Morgan fingerprint density at radius 2 is 2.00 bits per heavy atom. The van der Waals surface area contributed by atoms with Crippen LogP contribution in [0.25, 0.3) is 0 Å². The number of aliphatic hydroxyl groups is 1. The molecule has 1 atom stereocenters. The molecule has 84 valence electrons. The molecule has 0 aliphatic carbocycles. The average Bonchev–Trinajstić information content (AvgIpc) is 2.10. The molecule has 0 radical (unpaired) electrons. The van der Waals surface area contributed by atoms with E-state index in [9.17, 15) is 13.9 Å². The molecule has 0 fully saturated rings. The first kappa shape index (κ1) is 12.1. The van der Waals surface area contributed by atoms with E-state index in [2.05, 4.69) is 0 Å². The van der Waals surface area contributed by atoms with Crippen molar-refractivity contribution in [3.05, 3.63) is 35.4 Å². The lowest BCUT2D eigenvalue weighted by Gasteiger charge is -2.16. The second-order valence-electron chi connectivity index (χ2n) is 3.86. The van der Waals surface area contributed by atoms with Crippen LogP contribution in [-0.4, -0.2) is 36.8 Å². The van der Waals surface area contributed by atoms with E-state index >= 15 is 0 Å². The monoisotopic (exact) mass is 215 g/mol. The SMILES string of the molecule is CN(C)CC(O)Cc1cc(F)ccc1F. The summed E-state index contributed by atoms with van der Waals surface area (Å²) in [5.74, 6) is -0.961. The number of hydrogen-bond acceptors (Lipinski definition) is 2. The lowest BCUT2D eigenvalue weighted by molar-refractivity contribution is 0.136. The minimum atomic E-state index is -0.684. The molecule has 0 spiro atoms. The lowest BCUT2D eigenvalue weighted by Crippen LogP contribution is -2.27. The summed E-state index contributed by atoms with van der Waals surface area (Å²) in [5, 5.41) is 9.56. The predicted molar refractivity (Wildman–Crippen MR) is 54.6 cm³/mol. The normalized spacial score (nSPS) is 13.2. The van der Waals surface area contributed by atoms with Crippen LogP contribution in [0.5, 0.6) is 0 Å². The van der Waals surface area contributed by atoms with Gasteiger partial charge in [-0.05, 0) is 37.9 Å². The highest BCUT2D eigenvalue weighted by Gasteiger charge is 2.11. The fourth-order valence-electron chi connectivity index (χ4n) is 1.44. The molecule has 4 heteroatoms. The van der Waals surface area contributed by atoms with Gasteiger partial charge in [-0.25, -0.2) is 8.78 Å². The molecule has 0 amide bonds.